The lowest BCUT2D eigenvalue weighted by Gasteiger charge is -2.31. The minimum Gasteiger partial charge on any atom is -0.311 e. The van der Waals surface area contributed by atoms with Crippen LogP contribution in [-0.4, -0.2) is 12.1 Å². The molecule has 0 bridgehead atoms. The number of nitrogens with one attached hydrogen (secondary N) is 1. The molecule has 0 aromatic rings. The van der Waals surface area contributed by atoms with Gasteiger partial charge in [-0.3, -0.25) is 0 Å². The Labute approximate surface area is 95.0 Å². The van der Waals surface area contributed by atoms with Crippen LogP contribution in [0, 0.1) is 11.8 Å². The molecule has 0 aromatic carbocycles. The van der Waals surface area contributed by atoms with E-state index in [1.165, 1.54) is 51.4 Å². The third kappa shape index (κ3) is 3.48. The van der Waals surface area contributed by atoms with Crippen molar-refractivity contribution in [3.05, 3.63) is 0 Å². The molecule has 2 rings (SSSR count). The topological polar surface area (TPSA) is 12.0 Å². The molecule has 0 spiro atoms. The highest BCUT2D eigenvalue weighted by molar-refractivity contribution is 4.87. The van der Waals surface area contributed by atoms with Gasteiger partial charge in [-0.15, -0.1) is 0 Å². The maximum atomic E-state index is 3.84. The molecular weight excluding hydrogens is 182 g/mol. The van der Waals surface area contributed by atoms with Gasteiger partial charge in [0.15, 0.2) is 0 Å². The Morgan fingerprint density at radius 2 is 1.73 bits per heavy atom. The first-order chi connectivity index (χ1) is 7.29. The summed E-state index contributed by atoms with van der Waals surface area (Å²) in [4.78, 5) is 0. The van der Waals surface area contributed by atoms with Crippen LogP contribution in [0.15, 0.2) is 0 Å². The lowest BCUT2D eigenvalue weighted by atomic mass is 9.83. The summed E-state index contributed by atoms with van der Waals surface area (Å²) in [7, 11) is 0. The van der Waals surface area contributed by atoms with Gasteiger partial charge in [0.25, 0.3) is 0 Å². The number of rotatable bonds is 5. The summed E-state index contributed by atoms with van der Waals surface area (Å²) in [5.74, 6) is 2.06. The molecular formula is C14H27N. The Bertz CT molecular complexity index is 178. The van der Waals surface area contributed by atoms with Crippen LogP contribution in [0.1, 0.15) is 65.2 Å². The van der Waals surface area contributed by atoms with E-state index in [9.17, 15) is 0 Å². The highest BCUT2D eigenvalue weighted by atomic mass is 15.0. The summed E-state index contributed by atoms with van der Waals surface area (Å²) in [5.41, 5.74) is 0. The maximum absolute atomic E-state index is 3.84. The van der Waals surface area contributed by atoms with E-state index in [4.69, 9.17) is 0 Å². The van der Waals surface area contributed by atoms with Gasteiger partial charge in [-0.25, -0.2) is 0 Å². The maximum Gasteiger partial charge on any atom is 0.00698 e. The third-order valence-electron chi connectivity index (χ3n) is 4.37. The highest BCUT2D eigenvalue weighted by Crippen LogP contribution is 2.34. The number of hydrogen-bond acceptors (Lipinski definition) is 1. The van der Waals surface area contributed by atoms with Crippen molar-refractivity contribution < 1.29 is 0 Å². The second-order valence-electron chi connectivity index (χ2n) is 5.80. The average Bonchev–Trinajstić information content (AvgIpc) is 3.04. The smallest absolute Gasteiger partial charge is 0.00698 e. The highest BCUT2D eigenvalue weighted by Gasteiger charge is 2.30. The van der Waals surface area contributed by atoms with Crippen LogP contribution in [0.25, 0.3) is 0 Å². The van der Waals surface area contributed by atoms with E-state index >= 15 is 0 Å². The molecule has 88 valence electrons. The first-order valence-corrected chi connectivity index (χ1v) is 7.05. The zero-order chi connectivity index (χ0) is 10.7. The molecule has 1 N–H and O–H groups in total. The third-order valence-corrected chi connectivity index (χ3v) is 4.37. The summed E-state index contributed by atoms with van der Waals surface area (Å²) in [6.45, 7) is 4.70. The predicted molar refractivity (Wildman–Crippen MR) is 66.0 cm³/mol. The molecule has 1 heteroatoms. The Morgan fingerprint density at radius 1 is 1.07 bits per heavy atom. The summed E-state index contributed by atoms with van der Waals surface area (Å²) < 4.78 is 0. The molecule has 0 aromatic heterocycles. The fourth-order valence-electron chi connectivity index (χ4n) is 3.13. The van der Waals surface area contributed by atoms with E-state index in [1.54, 1.807) is 0 Å². The molecule has 1 unspecified atom stereocenters. The van der Waals surface area contributed by atoms with E-state index in [-0.39, 0.29) is 0 Å². The Morgan fingerprint density at radius 3 is 2.27 bits per heavy atom. The molecule has 15 heavy (non-hydrogen) atoms. The Hall–Kier alpha value is -0.0400. The van der Waals surface area contributed by atoms with E-state index < -0.39 is 0 Å². The molecule has 1 nitrogen and oxygen atoms in total. The van der Waals surface area contributed by atoms with Gasteiger partial charge in [0.1, 0.15) is 0 Å². The quantitative estimate of drug-likeness (QED) is 0.727. The van der Waals surface area contributed by atoms with Crippen molar-refractivity contribution >= 4 is 0 Å². The first-order valence-electron chi connectivity index (χ1n) is 7.05. The van der Waals surface area contributed by atoms with Gasteiger partial charge in [0, 0.05) is 12.1 Å². The summed E-state index contributed by atoms with van der Waals surface area (Å²) in [6, 6.07) is 1.63. The first kappa shape index (κ1) is 11.4. The van der Waals surface area contributed by atoms with Crippen LogP contribution >= 0.6 is 0 Å². The molecule has 0 amide bonds. The van der Waals surface area contributed by atoms with Crippen LogP contribution in [0.3, 0.4) is 0 Å². The normalized spacial score (nSPS) is 34.0. The lowest BCUT2D eigenvalue weighted by molar-refractivity contribution is 0.260. The lowest BCUT2D eigenvalue weighted by Crippen LogP contribution is -2.40. The zero-order valence-corrected chi connectivity index (χ0v) is 10.5. The van der Waals surface area contributed by atoms with Crippen molar-refractivity contribution in [3.63, 3.8) is 0 Å². The van der Waals surface area contributed by atoms with Gasteiger partial charge >= 0.3 is 0 Å². The van der Waals surface area contributed by atoms with Gasteiger partial charge in [-0.2, -0.15) is 0 Å². The molecule has 0 heterocycles. The van der Waals surface area contributed by atoms with Crippen LogP contribution in [0.5, 0.6) is 0 Å². The van der Waals surface area contributed by atoms with E-state index in [1.807, 2.05) is 0 Å². The second-order valence-corrected chi connectivity index (χ2v) is 5.80. The number of hydrogen-bond donors (Lipinski definition) is 1. The largest absolute Gasteiger partial charge is 0.311 e. The van der Waals surface area contributed by atoms with Crippen molar-refractivity contribution in [2.75, 3.05) is 0 Å². The molecule has 1 atom stereocenters. The standard InChI is InChI=1S/C14H27N/c1-3-4-12-5-9-14(10-6-12)15-11(2)13-7-8-13/h11-15H,3-10H2,1-2H3. The molecule has 0 saturated heterocycles. The molecule has 0 radical (unpaired) electrons. The minimum atomic E-state index is 0.790. The second kappa shape index (κ2) is 5.34. The van der Waals surface area contributed by atoms with Crippen LogP contribution in [0.4, 0.5) is 0 Å². The summed E-state index contributed by atoms with van der Waals surface area (Å²) >= 11 is 0. The van der Waals surface area contributed by atoms with Crippen molar-refractivity contribution in [1.29, 1.82) is 0 Å². The van der Waals surface area contributed by atoms with Crippen molar-refractivity contribution in [2.45, 2.75) is 77.3 Å². The van der Waals surface area contributed by atoms with Gasteiger partial charge in [-0.05, 0) is 57.3 Å². The molecule has 2 saturated carbocycles. The van der Waals surface area contributed by atoms with Gasteiger partial charge in [0.2, 0.25) is 0 Å². The monoisotopic (exact) mass is 209 g/mol. The molecule has 2 aliphatic carbocycles. The van der Waals surface area contributed by atoms with E-state index in [0.717, 1.165) is 23.9 Å². The van der Waals surface area contributed by atoms with E-state index in [0.29, 0.717) is 0 Å². The fourth-order valence-corrected chi connectivity index (χ4v) is 3.13. The molecule has 2 fully saturated rings. The van der Waals surface area contributed by atoms with Crippen molar-refractivity contribution in [2.24, 2.45) is 11.8 Å². The van der Waals surface area contributed by atoms with Crippen LogP contribution < -0.4 is 5.32 Å². The van der Waals surface area contributed by atoms with Gasteiger partial charge in [-0.1, -0.05) is 19.8 Å². The zero-order valence-electron chi connectivity index (χ0n) is 10.5. The Kier molecular flexibility index (Phi) is 4.07. The van der Waals surface area contributed by atoms with Gasteiger partial charge in [0.05, 0.1) is 0 Å². The Balaban J connectivity index is 1.64. The van der Waals surface area contributed by atoms with Crippen molar-refractivity contribution in [3.8, 4) is 0 Å². The van der Waals surface area contributed by atoms with Crippen molar-refractivity contribution in [1.82, 2.24) is 5.32 Å². The predicted octanol–water partition coefficient (Wildman–Crippen LogP) is 3.73. The minimum absolute atomic E-state index is 0.790. The average molecular weight is 209 g/mol. The molecule has 2 aliphatic rings. The fraction of sp³-hybridized carbons (Fsp3) is 1.00. The molecule has 0 aliphatic heterocycles. The summed E-state index contributed by atoms with van der Waals surface area (Å²) in [6.07, 6.45) is 11.6. The summed E-state index contributed by atoms with van der Waals surface area (Å²) in [5, 5.41) is 3.84. The SMILES string of the molecule is CCCC1CCC(NC(C)C2CC2)CC1. The van der Waals surface area contributed by atoms with Crippen LogP contribution in [0.2, 0.25) is 0 Å². The van der Waals surface area contributed by atoms with E-state index in [2.05, 4.69) is 19.2 Å². The van der Waals surface area contributed by atoms with Crippen LogP contribution in [-0.2, 0) is 0 Å². The van der Waals surface area contributed by atoms with Gasteiger partial charge < -0.3 is 5.32 Å².